The molecule has 1 saturated carbocycles. The van der Waals surface area contributed by atoms with E-state index in [0.717, 1.165) is 0 Å². The average Bonchev–Trinajstić information content (AvgIpc) is 2.37. The van der Waals surface area contributed by atoms with Crippen LogP contribution >= 0.6 is 0 Å². The second kappa shape index (κ2) is 8.74. The summed E-state index contributed by atoms with van der Waals surface area (Å²) in [7, 11) is 0. The first kappa shape index (κ1) is 20.4. The molecule has 0 aromatic carbocycles. The second-order valence-corrected chi connectivity index (χ2v) is 7.51. The second-order valence-electron chi connectivity index (χ2n) is 7.51. The van der Waals surface area contributed by atoms with Crippen LogP contribution in [0.4, 0.5) is 0 Å². The molecule has 1 aliphatic rings. The van der Waals surface area contributed by atoms with Gasteiger partial charge in [0.25, 0.3) is 0 Å². The fourth-order valence-corrected chi connectivity index (χ4v) is 2.79. The maximum atomic E-state index is 9.37. The van der Waals surface area contributed by atoms with Gasteiger partial charge in [-0.3, -0.25) is 4.79 Å². The molecule has 0 saturated heterocycles. The molecule has 4 heteroatoms. The molecule has 4 nitrogen and oxygen atoms in total. The van der Waals surface area contributed by atoms with Gasteiger partial charge < -0.3 is 14.9 Å². The number of aliphatic carboxylic acids is 1. The molecule has 0 bridgehead atoms. The van der Waals surface area contributed by atoms with Crippen molar-refractivity contribution < 1.29 is 19.7 Å². The van der Waals surface area contributed by atoms with E-state index in [9.17, 15) is 9.90 Å². The molecule has 0 aromatic rings. The van der Waals surface area contributed by atoms with Crippen LogP contribution in [-0.4, -0.2) is 34.5 Å². The van der Waals surface area contributed by atoms with Gasteiger partial charge in [-0.1, -0.05) is 27.2 Å². The topological polar surface area (TPSA) is 66.8 Å². The fourth-order valence-electron chi connectivity index (χ4n) is 2.79. The molecule has 2 N–H and O–H groups in total. The molecule has 21 heavy (non-hydrogen) atoms. The number of aliphatic hydroxyl groups excluding tert-OH is 1. The van der Waals surface area contributed by atoms with Gasteiger partial charge >= 0.3 is 5.97 Å². The Morgan fingerprint density at radius 1 is 1.43 bits per heavy atom. The predicted molar refractivity (Wildman–Crippen MR) is 85.4 cm³/mol. The third kappa shape index (κ3) is 9.10. The summed E-state index contributed by atoms with van der Waals surface area (Å²) in [6.07, 6.45) is 5.63. The standard InChI is InChI=1S/C14H28O2.C3H6O2/c1-11(16-14(4,5)10-15)12-7-6-8-13(2,3)9-12;1-2-3(4)5/h11-12,15H,6-10H2,1-5H3;2H2,1H3,(H,4,5). The summed E-state index contributed by atoms with van der Waals surface area (Å²) in [6.45, 7) is 12.5. The third-order valence-electron chi connectivity index (χ3n) is 4.10. The number of carboxylic acid groups (broad SMARTS) is 1. The van der Waals surface area contributed by atoms with E-state index in [2.05, 4.69) is 20.8 Å². The van der Waals surface area contributed by atoms with E-state index in [1.807, 2.05) is 13.8 Å². The monoisotopic (exact) mass is 302 g/mol. The largest absolute Gasteiger partial charge is 0.481 e. The quantitative estimate of drug-likeness (QED) is 0.809. The zero-order valence-corrected chi connectivity index (χ0v) is 14.6. The third-order valence-corrected chi connectivity index (χ3v) is 4.10. The minimum atomic E-state index is -0.745. The van der Waals surface area contributed by atoms with Crippen LogP contribution < -0.4 is 0 Å². The first-order chi connectivity index (χ1) is 9.53. The van der Waals surface area contributed by atoms with Gasteiger partial charge in [0.05, 0.1) is 18.3 Å². The molecule has 1 aliphatic carbocycles. The highest BCUT2D eigenvalue weighted by atomic mass is 16.5. The number of aliphatic hydroxyl groups is 1. The zero-order valence-electron chi connectivity index (χ0n) is 14.6. The van der Waals surface area contributed by atoms with Crippen LogP contribution in [0.15, 0.2) is 0 Å². The van der Waals surface area contributed by atoms with Crippen molar-refractivity contribution in [1.29, 1.82) is 0 Å². The van der Waals surface area contributed by atoms with Crippen molar-refractivity contribution >= 4 is 5.97 Å². The lowest BCUT2D eigenvalue weighted by Gasteiger charge is -2.40. The van der Waals surface area contributed by atoms with Crippen LogP contribution in [0.5, 0.6) is 0 Å². The van der Waals surface area contributed by atoms with Crippen molar-refractivity contribution in [2.45, 2.75) is 85.4 Å². The molecule has 0 aliphatic heterocycles. The Bertz CT molecular complexity index is 310. The molecule has 0 radical (unpaired) electrons. The zero-order chi connectivity index (χ0) is 16.7. The van der Waals surface area contributed by atoms with E-state index in [1.54, 1.807) is 6.92 Å². The normalized spacial score (nSPS) is 22.9. The van der Waals surface area contributed by atoms with E-state index in [-0.39, 0.29) is 19.1 Å². The predicted octanol–water partition coefficient (Wildman–Crippen LogP) is 3.86. The Balaban J connectivity index is 0.000000690. The SMILES string of the molecule is CC(OC(C)(C)CO)C1CCCC(C)(C)C1.CCC(=O)O. The summed E-state index contributed by atoms with van der Waals surface area (Å²) in [6, 6.07) is 0. The highest BCUT2D eigenvalue weighted by Crippen LogP contribution is 2.41. The minimum Gasteiger partial charge on any atom is -0.481 e. The first-order valence-electron chi connectivity index (χ1n) is 8.03. The lowest BCUT2D eigenvalue weighted by atomic mass is 9.71. The summed E-state index contributed by atoms with van der Waals surface area (Å²) in [5, 5.41) is 16.9. The first-order valence-corrected chi connectivity index (χ1v) is 8.03. The average molecular weight is 302 g/mol. The number of rotatable bonds is 5. The van der Waals surface area contributed by atoms with Crippen molar-refractivity contribution in [3.8, 4) is 0 Å². The lowest BCUT2D eigenvalue weighted by molar-refractivity contribution is -0.136. The molecule has 2 atom stereocenters. The summed E-state index contributed by atoms with van der Waals surface area (Å²) in [5.41, 5.74) is 0.0604. The van der Waals surface area contributed by atoms with Gasteiger partial charge in [0, 0.05) is 6.42 Å². The van der Waals surface area contributed by atoms with Gasteiger partial charge in [-0.2, -0.15) is 0 Å². The van der Waals surface area contributed by atoms with Gasteiger partial charge in [-0.15, -0.1) is 0 Å². The molecule has 0 amide bonds. The van der Waals surface area contributed by atoms with Crippen LogP contribution in [0.1, 0.15) is 73.6 Å². The van der Waals surface area contributed by atoms with Gasteiger partial charge in [0.15, 0.2) is 0 Å². The molecule has 126 valence electrons. The van der Waals surface area contributed by atoms with E-state index >= 15 is 0 Å². The number of carbonyl (C=O) groups is 1. The van der Waals surface area contributed by atoms with Crippen molar-refractivity contribution in [3.05, 3.63) is 0 Å². The Morgan fingerprint density at radius 2 is 1.95 bits per heavy atom. The fraction of sp³-hybridized carbons (Fsp3) is 0.941. The van der Waals surface area contributed by atoms with E-state index in [1.165, 1.54) is 25.7 Å². The van der Waals surface area contributed by atoms with Crippen molar-refractivity contribution in [2.75, 3.05) is 6.61 Å². The molecule has 0 aromatic heterocycles. The van der Waals surface area contributed by atoms with Gasteiger partial charge in [-0.05, 0) is 51.4 Å². The molecule has 2 unspecified atom stereocenters. The Labute approximate surface area is 129 Å². The van der Waals surface area contributed by atoms with Gasteiger partial charge in [0.1, 0.15) is 0 Å². The number of hydrogen-bond acceptors (Lipinski definition) is 3. The molecular formula is C17H34O4. The van der Waals surface area contributed by atoms with E-state index in [0.29, 0.717) is 11.3 Å². The maximum absolute atomic E-state index is 9.37. The Morgan fingerprint density at radius 3 is 2.33 bits per heavy atom. The lowest BCUT2D eigenvalue weighted by Crippen LogP contribution is -2.38. The smallest absolute Gasteiger partial charge is 0.303 e. The number of ether oxygens (including phenoxy) is 1. The molecule has 1 rings (SSSR count). The molecule has 0 spiro atoms. The van der Waals surface area contributed by atoms with Crippen LogP contribution in [0.2, 0.25) is 0 Å². The van der Waals surface area contributed by atoms with Crippen LogP contribution in [0, 0.1) is 11.3 Å². The van der Waals surface area contributed by atoms with Gasteiger partial charge in [-0.25, -0.2) is 0 Å². The van der Waals surface area contributed by atoms with Crippen molar-refractivity contribution in [2.24, 2.45) is 11.3 Å². The van der Waals surface area contributed by atoms with Crippen LogP contribution in [0.25, 0.3) is 0 Å². The van der Waals surface area contributed by atoms with Gasteiger partial charge in [0.2, 0.25) is 0 Å². The van der Waals surface area contributed by atoms with Crippen LogP contribution in [0.3, 0.4) is 0 Å². The Kier molecular flexibility index (Phi) is 8.49. The number of hydrogen-bond donors (Lipinski definition) is 2. The molecule has 1 fully saturated rings. The van der Waals surface area contributed by atoms with Crippen molar-refractivity contribution in [1.82, 2.24) is 0 Å². The highest BCUT2D eigenvalue weighted by Gasteiger charge is 2.33. The van der Waals surface area contributed by atoms with E-state index < -0.39 is 11.6 Å². The number of carboxylic acids is 1. The summed E-state index contributed by atoms with van der Waals surface area (Å²) in [5.74, 6) is -0.0976. The summed E-state index contributed by atoms with van der Waals surface area (Å²) in [4.78, 5) is 9.37. The summed E-state index contributed by atoms with van der Waals surface area (Å²) >= 11 is 0. The minimum absolute atomic E-state index is 0.0907. The van der Waals surface area contributed by atoms with Crippen LogP contribution in [-0.2, 0) is 9.53 Å². The summed E-state index contributed by atoms with van der Waals surface area (Å²) < 4.78 is 5.97. The maximum Gasteiger partial charge on any atom is 0.303 e. The molecular weight excluding hydrogens is 268 g/mol. The highest BCUT2D eigenvalue weighted by molar-refractivity contribution is 5.66. The van der Waals surface area contributed by atoms with E-state index in [4.69, 9.17) is 9.84 Å². The Hall–Kier alpha value is -0.610. The molecule has 0 heterocycles. The van der Waals surface area contributed by atoms with Crippen molar-refractivity contribution in [3.63, 3.8) is 0 Å².